The Morgan fingerprint density at radius 2 is 2.29 bits per heavy atom. The van der Waals surface area contributed by atoms with Crippen LogP contribution >= 0.6 is 0 Å². The fraction of sp³-hybridized carbons (Fsp3) is 0.222. The molecule has 0 spiro atoms. The first kappa shape index (κ1) is 8.68. The predicted molar refractivity (Wildman–Crippen MR) is 50.6 cm³/mol. The van der Waals surface area contributed by atoms with Crippen LogP contribution in [0.2, 0.25) is 0 Å². The minimum absolute atomic E-state index is 0.0626. The van der Waals surface area contributed by atoms with E-state index in [0.717, 1.165) is 0 Å². The molecule has 0 amide bonds. The van der Waals surface area contributed by atoms with E-state index in [1.807, 2.05) is 0 Å². The van der Waals surface area contributed by atoms with Gasteiger partial charge < -0.3 is 4.98 Å². The number of carbonyl (C=O) groups excluding carboxylic acids is 1. The summed E-state index contributed by atoms with van der Waals surface area (Å²) >= 11 is 0. The zero-order valence-electron chi connectivity index (χ0n) is 7.87. The number of H-pyrrole nitrogens is 1. The van der Waals surface area contributed by atoms with Crippen LogP contribution in [0.25, 0.3) is 5.52 Å². The summed E-state index contributed by atoms with van der Waals surface area (Å²) in [7, 11) is 0. The van der Waals surface area contributed by atoms with Gasteiger partial charge in [-0.2, -0.15) is 5.10 Å². The lowest BCUT2D eigenvalue weighted by molar-refractivity contribution is 0.101. The maximum atomic E-state index is 11.4. The molecular formula is C9H9N3O2. The van der Waals surface area contributed by atoms with Crippen molar-refractivity contribution in [3.8, 4) is 0 Å². The van der Waals surface area contributed by atoms with E-state index in [1.54, 1.807) is 13.1 Å². The van der Waals surface area contributed by atoms with E-state index >= 15 is 0 Å². The minimum Gasteiger partial charge on any atom is -0.310 e. The summed E-state index contributed by atoms with van der Waals surface area (Å²) in [4.78, 5) is 25.1. The molecule has 2 heterocycles. The SMILES string of the molecule is CC(=O)c1cn2nc[nH]c(=O)c2c1C. The smallest absolute Gasteiger partial charge is 0.275 e. The Morgan fingerprint density at radius 1 is 1.57 bits per heavy atom. The third kappa shape index (κ3) is 1.06. The monoisotopic (exact) mass is 191 g/mol. The van der Waals surface area contributed by atoms with Crippen molar-refractivity contribution < 1.29 is 4.79 Å². The van der Waals surface area contributed by atoms with Crippen LogP contribution in [0.4, 0.5) is 0 Å². The van der Waals surface area contributed by atoms with Crippen LogP contribution < -0.4 is 5.56 Å². The summed E-state index contributed by atoms with van der Waals surface area (Å²) in [6.07, 6.45) is 2.88. The van der Waals surface area contributed by atoms with Gasteiger partial charge in [-0.3, -0.25) is 9.59 Å². The first-order chi connectivity index (χ1) is 6.61. The van der Waals surface area contributed by atoms with Crippen LogP contribution in [-0.2, 0) is 0 Å². The molecule has 0 aliphatic heterocycles. The number of Topliss-reactive ketones (excluding diaryl/α,β-unsaturated/α-hetero) is 1. The van der Waals surface area contributed by atoms with Crippen molar-refractivity contribution in [2.75, 3.05) is 0 Å². The predicted octanol–water partition coefficient (Wildman–Crippen LogP) is 0.534. The second-order valence-electron chi connectivity index (χ2n) is 3.14. The molecule has 0 unspecified atom stereocenters. The maximum absolute atomic E-state index is 11.4. The zero-order chi connectivity index (χ0) is 10.3. The Hall–Kier alpha value is -1.91. The summed E-state index contributed by atoms with van der Waals surface area (Å²) in [5, 5.41) is 3.91. The van der Waals surface area contributed by atoms with E-state index in [9.17, 15) is 9.59 Å². The number of nitrogens with zero attached hydrogens (tertiary/aromatic N) is 2. The number of nitrogens with one attached hydrogen (secondary N) is 1. The molecule has 0 saturated carbocycles. The molecule has 2 rings (SSSR count). The number of fused-ring (bicyclic) bond motifs is 1. The van der Waals surface area contributed by atoms with Gasteiger partial charge in [-0.1, -0.05) is 0 Å². The van der Waals surface area contributed by atoms with Crippen molar-refractivity contribution in [1.29, 1.82) is 0 Å². The summed E-state index contributed by atoms with van der Waals surface area (Å²) in [6, 6.07) is 0. The van der Waals surface area contributed by atoms with Gasteiger partial charge in [0.15, 0.2) is 5.78 Å². The van der Waals surface area contributed by atoms with Crippen molar-refractivity contribution in [2.24, 2.45) is 0 Å². The molecule has 0 aliphatic carbocycles. The van der Waals surface area contributed by atoms with Gasteiger partial charge in [0.25, 0.3) is 5.56 Å². The van der Waals surface area contributed by atoms with Crippen LogP contribution in [0.15, 0.2) is 17.3 Å². The molecule has 5 heteroatoms. The lowest BCUT2D eigenvalue weighted by Gasteiger charge is -1.91. The van der Waals surface area contributed by atoms with Crippen molar-refractivity contribution in [2.45, 2.75) is 13.8 Å². The average Bonchev–Trinajstić information content (AvgIpc) is 2.45. The molecule has 72 valence electrons. The average molecular weight is 191 g/mol. The molecule has 0 radical (unpaired) electrons. The summed E-state index contributed by atoms with van der Waals surface area (Å²) in [5.74, 6) is -0.0626. The van der Waals surface area contributed by atoms with Crippen LogP contribution in [0.1, 0.15) is 22.8 Å². The lowest BCUT2D eigenvalue weighted by atomic mass is 10.1. The highest BCUT2D eigenvalue weighted by Crippen LogP contribution is 2.13. The molecule has 1 N–H and O–H groups in total. The van der Waals surface area contributed by atoms with Gasteiger partial charge in [-0.15, -0.1) is 0 Å². The molecule has 0 saturated heterocycles. The Labute approximate surface area is 79.4 Å². The van der Waals surface area contributed by atoms with Gasteiger partial charge >= 0.3 is 0 Å². The minimum atomic E-state index is -0.231. The Bertz CT molecular complexity index is 565. The van der Waals surface area contributed by atoms with Gasteiger partial charge in [0.1, 0.15) is 11.8 Å². The number of rotatable bonds is 1. The van der Waals surface area contributed by atoms with Gasteiger partial charge in [-0.05, 0) is 19.4 Å². The number of aromatic nitrogens is 3. The topological polar surface area (TPSA) is 67.2 Å². The molecule has 0 bridgehead atoms. The number of hydrogen-bond donors (Lipinski definition) is 1. The molecule has 0 aliphatic rings. The summed E-state index contributed by atoms with van der Waals surface area (Å²) in [6.45, 7) is 3.21. The Kier molecular flexibility index (Phi) is 1.73. The van der Waals surface area contributed by atoms with Gasteiger partial charge in [0, 0.05) is 11.8 Å². The van der Waals surface area contributed by atoms with Crippen molar-refractivity contribution >= 4 is 11.3 Å². The Morgan fingerprint density at radius 3 is 2.86 bits per heavy atom. The quantitative estimate of drug-likeness (QED) is 0.669. The molecular weight excluding hydrogens is 182 g/mol. The van der Waals surface area contributed by atoms with E-state index in [4.69, 9.17) is 0 Å². The van der Waals surface area contributed by atoms with E-state index in [0.29, 0.717) is 16.6 Å². The fourth-order valence-electron chi connectivity index (χ4n) is 1.52. The van der Waals surface area contributed by atoms with Gasteiger partial charge in [-0.25, -0.2) is 4.52 Å². The van der Waals surface area contributed by atoms with Crippen LogP contribution in [0.3, 0.4) is 0 Å². The van der Waals surface area contributed by atoms with Crippen molar-refractivity contribution in [3.63, 3.8) is 0 Å². The molecule has 2 aromatic rings. The fourth-order valence-corrected chi connectivity index (χ4v) is 1.52. The van der Waals surface area contributed by atoms with Crippen molar-refractivity contribution in [3.05, 3.63) is 34.0 Å². The number of carbonyl (C=O) groups is 1. The van der Waals surface area contributed by atoms with Crippen LogP contribution in [0.5, 0.6) is 0 Å². The van der Waals surface area contributed by atoms with Crippen LogP contribution in [-0.4, -0.2) is 20.4 Å². The van der Waals surface area contributed by atoms with E-state index in [-0.39, 0.29) is 11.3 Å². The molecule has 0 fully saturated rings. The summed E-state index contributed by atoms with van der Waals surface area (Å²) < 4.78 is 1.42. The highest BCUT2D eigenvalue weighted by molar-refractivity contribution is 5.97. The molecule has 0 atom stereocenters. The largest absolute Gasteiger partial charge is 0.310 e. The zero-order valence-corrected chi connectivity index (χ0v) is 7.87. The second-order valence-corrected chi connectivity index (χ2v) is 3.14. The maximum Gasteiger partial charge on any atom is 0.275 e. The first-order valence-electron chi connectivity index (χ1n) is 4.18. The molecule has 5 nitrogen and oxygen atoms in total. The van der Waals surface area contributed by atoms with Gasteiger partial charge in [0.2, 0.25) is 0 Å². The number of hydrogen-bond acceptors (Lipinski definition) is 3. The normalized spacial score (nSPS) is 10.7. The second kappa shape index (κ2) is 2.80. The lowest BCUT2D eigenvalue weighted by Crippen LogP contribution is -2.10. The number of aromatic amines is 1. The number of ketones is 1. The standard InChI is InChI=1S/C9H9N3O2/c1-5-7(6(2)13)3-12-8(5)9(14)10-4-11-12/h3-4H,1-2H3,(H,10,11,14). The third-order valence-electron chi connectivity index (χ3n) is 2.21. The molecule has 2 aromatic heterocycles. The summed E-state index contributed by atoms with van der Waals surface area (Å²) in [5.41, 5.74) is 1.41. The highest BCUT2D eigenvalue weighted by Gasteiger charge is 2.12. The van der Waals surface area contributed by atoms with E-state index in [2.05, 4.69) is 10.1 Å². The van der Waals surface area contributed by atoms with Crippen molar-refractivity contribution in [1.82, 2.24) is 14.6 Å². The highest BCUT2D eigenvalue weighted by atomic mass is 16.1. The van der Waals surface area contributed by atoms with Crippen LogP contribution in [0, 0.1) is 6.92 Å². The van der Waals surface area contributed by atoms with E-state index in [1.165, 1.54) is 17.8 Å². The number of aryl methyl sites for hydroxylation is 1. The Balaban J connectivity index is 2.94. The molecule has 0 aromatic carbocycles. The third-order valence-corrected chi connectivity index (χ3v) is 2.21. The van der Waals surface area contributed by atoms with E-state index < -0.39 is 0 Å². The van der Waals surface area contributed by atoms with Gasteiger partial charge in [0.05, 0.1) is 0 Å². The first-order valence-corrected chi connectivity index (χ1v) is 4.18. The molecule has 14 heavy (non-hydrogen) atoms.